The van der Waals surface area contributed by atoms with Gasteiger partial charge in [0.05, 0.1) is 22.8 Å². The van der Waals surface area contributed by atoms with Crippen LogP contribution in [0.1, 0.15) is 16.1 Å². The van der Waals surface area contributed by atoms with E-state index < -0.39 is 10.0 Å². The van der Waals surface area contributed by atoms with E-state index in [4.69, 9.17) is 0 Å². The zero-order valence-corrected chi connectivity index (χ0v) is 16.6. The van der Waals surface area contributed by atoms with Crippen molar-refractivity contribution < 1.29 is 17.6 Å². The molecule has 0 aliphatic rings. The lowest BCUT2D eigenvalue weighted by molar-refractivity contribution is 0.0950. The zero-order valence-electron chi connectivity index (χ0n) is 15.8. The van der Waals surface area contributed by atoms with Crippen molar-refractivity contribution in [1.29, 1.82) is 0 Å². The van der Waals surface area contributed by atoms with E-state index in [1.54, 1.807) is 18.2 Å². The fourth-order valence-corrected chi connectivity index (χ4v) is 3.44. The summed E-state index contributed by atoms with van der Waals surface area (Å²) in [5, 5.41) is 2.73. The number of nitrogens with one attached hydrogen (secondary N) is 1. The van der Waals surface area contributed by atoms with E-state index in [1.807, 2.05) is 0 Å². The van der Waals surface area contributed by atoms with E-state index in [1.165, 1.54) is 56.8 Å². The monoisotopic (exact) mass is 414 g/mol. The molecule has 7 nitrogen and oxygen atoms in total. The number of benzene rings is 2. The van der Waals surface area contributed by atoms with E-state index in [2.05, 4.69) is 15.3 Å². The molecule has 2 aromatic carbocycles. The Kier molecular flexibility index (Phi) is 6.00. The highest BCUT2D eigenvalue weighted by atomic mass is 32.2. The molecule has 0 aliphatic heterocycles. The Bertz CT molecular complexity index is 1120. The zero-order chi connectivity index (χ0) is 21.0. The summed E-state index contributed by atoms with van der Waals surface area (Å²) in [5.74, 6) is -0.694. The largest absolute Gasteiger partial charge is 0.346 e. The Morgan fingerprint density at radius 3 is 2.31 bits per heavy atom. The Morgan fingerprint density at radius 1 is 1.03 bits per heavy atom. The summed E-state index contributed by atoms with van der Waals surface area (Å²) < 4.78 is 38.3. The second kappa shape index (κ2) is 8.46. The topological polar surface area (TPSA) is 92.3 Å². The van der Waals surface area contributed by atoms with E-state index in [0.29, 0.717) is 17.0 Å². The average Bonchev–Trinajstić information content (AvgIpc) is 2.72. The van der Waals surface area contributed by atoms with Crippen LogP contribution in [-0.2, 0) is 16.6 Å². The molecule has 1 aromatic heterocycles. The highest BCUT2D eigenvalue weighted by Gasteiger charge is 2.17. The molecule has 0 bridgehead atoms. The summed E-state index contributed by atoms with van der Waals surface area (Å²) >= 11 is 0. The molecule has 0 saturated carbocycles. The lowest BCUT2D eigenvalue weighted by atomic mass is 10.1. The maximum absolute atomic E-state index is 13.1. The molecule has 29 heavy (non-hydrogen) atoms. The van der Waals surface area contributed by atoms with Gasteiger partial charge in [-0.15, -0.1) is 0 Å². The van der Waals surface area contributed by atoms with E-state index in [-0.39, 0.29) is 23.2 Å². The minimum atomic E-state index is -3.55. The maximum Gasteiger partial charge on any atom is 0.251 e. The summed E-state index contributed by atoms with van der Waals surface area (Å²) in [6.45, 7) is 0.160. The van der Waals surface area contributed by atoms with Gasteiger partial charge in [-0.1, -0.05) is 0 Å². The number of hydrogen-bond donors (Lipinski definition) is 1. The van der Waals surface area contributed by atoms with Crippen molar-refractivity contribution in [3.8, 4) is 11.3 Å². The molecule has 0 spiro atoms. The Morgan fingerprint density at radius 2 is 1.69 bits per heavy atom. The van der Waals surface area contributed by atoms with Crippen LogP contribution >= 0.6 is 0 Å². The number of carbonyl (C=O) groups excluding carboxylic acids is 1. The first-order chi connectivity index (χ1) is 13.8. The molecule has 0 saturated heterocycles. The number of hydrogen-bond acceptors (Lipinski definition) is 5. The van der Waals surface area contributed by atoms with Crippen molar-refractivity contribution in [3.05, 3.63) is 78.0 Å². The number of rotatable bonds is 6. The van der Waals surface area contributed by atoms with Crippen LogP contribution in [0.3, 0.4) is 0 Å². The van der Waals surface area contributed by atoms with Crippen molar-refractivity contribution in [2.45, 2.75) is 11.4 Å². The Hall–Kier alpha value is -3.17. The predicted molar refractivity (Wildman–Crippen MR) is 106 cm³/mol. The van der Waals surface area contributed by atoms with E-state index in [0.717, 1.165) is 9.87 Å². The summed E-state index contributed by atoms with van der Waals surface area (Å²) in [5.41, 5.74) is 2.26. The molecule has 9 heteroatoms. The van der Waals surface area contributed by atoms with Crippen LogP contribution in [0.4, 0.5) is 4.39 Å². The van der Waals surface area contributed by atoms with Crippen LogP contribution in [0.2, 0.25) is 0 Å². The minimum Gasteiger partial charge on any atom is -0.346 e. The van der Waals surface area contributed by atoms with Crippen molar-refractivity contribution in [3.63, 3.8) is 0 Å². The van der Waals surface area contributed by atoms with Crippen LogP contribution in [0.25, 0.3) is 11.3 Å². The highest BCUT2D eigenvalue weighted by Crippen LogP contribution is 2.17. The van der Waals surface area contributed by atoms with Crippen LogP contribution in [0.15, 0.2) is 65.8 Å². The fraction of sp³-hybridized carbons (Fsp3) is 0.150. The first-order valence-electron chi connectivity index (χ1n) is 8.65. The predicted octanol–water partition coefficient (Wildman–Crippen LogP) is 2.46. The van der Waals surface area contributed by atoms with Gasteiger partial charge >= 0.3 is 0 Å². The highest BCUT2D eigenvalue weighted by molar-refractivity contribution is 7.89. The van der Waals surface area contributed by atoms with Gasteiger partial charge in [-0.3, -0.25) is 4.79 Å². The molecule has 1 amide bonds. The summed E-state index contributed by atoms with van der Waals surface area (Å²) in [6.07, 6.45) is 1.38. The SMILES string of the molecule is CN(C)S(=O)(=O)c1ccc(C(=O)NCc2cc(-c3ccc(F)cc3)ncn2)cc1. The van der Waals surface area contributed by atoms with Crippen molar-refractivity contribution >= 4 is 15.9 Å². The van der Waals surface area contributed by atoms with Crippen molar-refractivity contribution in [2.75, 3.05) is 14.1 Å². The van der Waals surface area contributed by atoms with Gasteiger partial charge in [-0.2, -0.15) is 0 Å². The summed E-state index contributed by atoms with van der Waals surface area (Å²) in [7, 11) is -0.663. The Balaban J connectivity index is 1.68. The number of halogens is 1. The summed E-state index contributed by atoms with van der Waals surface area (Å²) in [4.78, 5) is 20.8. The molecule has 0 unspecified atom stereocenters. The second-order valence-corrected chi connectivity index (χ2v) is 8.55. The van der Waals surface area contributed by atoms with Crippen molar-refractivity contribution in [1.82, 2.24) is 19.6 Å². The molecular formula is C20H19FN4O3S. The van der Waals surface area contributed by atoms with Crippen LogP contribution in [-0.4, -0.2) is 42.7 Å². The number of amides is 1. The first-order valence-corrected chi connectivity index (χ1v) is 10.1. The first kappa shape index (κ1) is 20.6. The lowest BCUT2D eigenvalue weighted by Gasteiger charge is -2.11. The quantitative estimate of drug-likeness (QED) is 0.669. The van der Waals surface area contributed by atoms with Crippen LogP contribution in [0.5, 0.6) is 0 Å². The number of aromatic nitrogens is 2. The third kappa shape index (κ3) is 4.82. The molecule has 3 aromatic rings. The van der Waals surface area contributed by atoms with Gasteiger partial charge in [-0.05, 0) is 54.6 Å². The Labute approximate surface area is 168 Å². The fourth-order valence-electron chi connectivity index (χ4n) is 2.53. The van der Waals surface area contributed by atoms with Gasteiger partial charge in [0.1, 0.15) is 12.1 Å². The molecule has 0 atom stereocenters. The minimum absolute atomic E-state index is 0.110. The van der Waals surface area contributed by atoms with Gasteiger partial charge in [0.2, 0.25) is 10.0 Å². The number of sulfonamides is 1. The molecule has 3 rings (SSSR count). The molecule has 0 aliphatic carbocycles. The van der Waals surface area contributed by atoms with Crippen LogP contribution in [0, 0.1) is 5.82 Å². The molecule has 1 N–H and O–H groups in total. The smallest absolute Gasteiger partial charge is 0.251 e. The lowest BCUT2D eigenvalue weighted by Crippen LogP contribution is -2.24. The van der Waals surface area contributed by atoms with Gasteiger partial charge in [0, 0.05) is 25.2 Å². The van der Waals surface area contributed by atoms with E-state index >= 15 is 0 Å². The van der Waals surface area contributed by atoms with Gasteiger partial charge in [-0.25, -0.2) is 27.1 Å². The molecule has 1 heterocycles. The van der Waals surface area contributed by atoms with Crippen molar-refractivity contribution in [2.24, 2.45) is 0 Å². The normalized spacial score (nSPS) is 11.4. The number of nitrogens with zero attached hydrogens (tertiary/aromatic N) is 3. The number of carbonyl (C=O) groups is 1. The molecule has 150 valence electrons. The van der Waals surface area contributed by atoms with Gasteiger partial charge in [0.25, 0.3) is 5.91 Å². The van der Waals surface area contributed by atoms with Gasteiger partial charge < -0.3 is 5.32 Å². The second-order valence-electron chi connectivity index (χ2n) is 6.40. The van der Waals surface area contributed by atoms with Crippen LogP contribution < -0.4 is 5.32 Å². The maximum atomic E-state index is 13.1. The molecular weight excluding hydrogens is 395 g/mol. The van der Waals surface area contributed by atoms with Gasteiger partial charge in [0.15, 0.2) is 0 Å². The third-order valence-electron chi connectivity index (χ3n) is 4.19. The summed E-state index contributed by atoms with van der Waals surface area (Å²) in [6, 6.07) is 13.3. The molecule has 0 fully saturated rings. The standard InChI is InChI=1S/C20H19FN4O3S/c1-25(2)29(27,28)18-9-5-15(6-10-18)20(26)22-12-17-11-19(24-13-23-17)14-3-7-16(21)8-4-14/h3-11,13H,12H2,1-2H3,(H,22,26). The third-order valence-corrected chi connectivity index (χ3v) is 6.02. The average molecular weight is 414 g/mol. The van der Waals surface area contributed by atoms with E-state index in [9.17, 15) is 17.6 Å². The molecule has 0 radical (unpaired) electrons.